The highest BCUT2D eigenvalue weighted by molar-refractivity contribution is 5.89. The van der Waals surface area contributed by atoms with Crippen LogP contribution in [0, 0.1) is 5.41 Å². The number of rotatable bonds is 4. The fourth-order valence-electron chi connectivity index (χ4n) is 2.78. The van der Waals surface area contributed by atoms with Gasteiger partial charge >= 0.3 is 5.97 Å². The lowest BCUT2D eigenvalue weighted by atomic mass is 9.83. The van der Waals surface area contributed by atoms with Gasteiger partial charge in [0.25, 0.3) is 0 Å². The van der Waals surface area contributed by atoms with Crippen molar-refractivity contribution in [2.45, 2.75) is 40.0 Å². The summed E-state index contributed by atoms with van der Waals surface area (Å²) in [4.78, 5) is 14.5. The summed E-state index contributed by atoms with van der Waals surface area (Å²) >= 11 is 0. The van der Waals surface area contributed by atoms with E-state index in [0.717, 1.165) is 19.6 Å². The first kappa shape index (κ1) is 16.0. The highest BCUT2D eigenvalue weighted by atomic mass is 16.5. The van der Waals surface area contributed by atoms with Crippen LogP contribution in [-0.4, -0.2) is 37.1 Å². The van der Waals surface area contributed by atoms with Gasteiger partial charge in [-0.15, -0.1) is 0 Å². The molecule has 0 unspecified atom stereocenters. The number of hydrogen-bond acceptors (Lipinski definition) is 3. The first-order valence-electron chi connectivity index (χ1n) is 7.73. The van der Waals surface area contributed by atoms with Crippen LogP contribution in [0.15, 0.2) is 24.3 Å². The molecule has 0 N–H and O–H groups in total. The number of carbonyl (C=O) groups is 1. The third-order valence-corrected chi connectivity index (χ3v) is 4.20. The van der Waals surface area contributed by atoms with E-state index >= 15 is 0 Å². The average molecular weight is 289 g/mol. The molecular weight excluding hydrogens is 262 g/mol. The molecule has 0 saturated carbocycles. The third kappa shape index (κ3) is 3.85. The quantitative estimate of drug-likeness (QED) is 0.795. The van der Waals surface area contributed by atoms with Crippen molar-refractivity contribution >= 4 is 5.97 Å². The van der Waals surface area contributed by atoms with E-state index in [-0.39, 0.29) is 16.8 Å². The summed E-state index contributed by atoms with van der Waals surface area (Å²) < 4.78 is 5.49. The number of esters is 1. The highest BCUT2D eigenvalue weighted by Crippen LogP contribution is 2.30. The smallest absolute Gasteiger partial charge is 0.338 e. The van der Waals surface area contributed by atoms with Crippen molar-refractivity contribution in [3.05, 3.63) is 35.4 Å². The summed E-state index contributed by atoms with van der Waals surface area (Å²) in [6, 6.07) is 7.76. The zero-order chi connectivity index (χ0) is 15.7. The van der Waals surface area contributed by atoms with E-state index in [2.05, 4.69) is 39.5 Å². The molecule has 0 atom stereocenters. The van der Waals surface area contributed by atoms with Crippen LogP contribution < -0.4 is 0 Å². The van der Waals surface area contributed by atoms with Crippen LogP contribution in [0.2, 0.25) is 0 Å². The van der Waals surface area contributed by atoms with Crippen LogP contribution in [0.25, 0.3) is 0 Å². The summed E-state index contributed by atoms with van der Waals surface area (Å²) in [5, 5.41) is 0. The predicted octanol–water partition coefficient (Wildman–Crippen LogP) is 3.48. The molecule has 1 aromatic carbocycles. The summed E-state index contributed by atoms with van der Waals surface area (Å²) in [7, 11) is 0. The Morgan fingerprint density at radius 3 is 2.29 bits per heavy atom. The Hall–Kier alpha value is -1.35. The number of benzene rings is 1. The molecule has 3 nitrogen and oxygen atoms in total. The Labute approximate surface area is 128 Å². The molecule has 3 heteroatoms. The summed E-state index contributed by atoms with van der Waals surface area (Å²) in [6.07, 6.45) is 0. The Morgan fingerprint density at radius 2 is 1.81 bits per heavy atom. The van der Waals surface area contributed by atoms with E-state index < -0.39 is 0 Å². The van der Waals surface area contributed by atoms with Gasteiger partial charge in [0.15, 0.2) is 0 Å². The van der Waals surface area contributed by atoms with Crippen molar-refractivity contribution in [2.24, 2.45) is 5.41 Å². The van der Waals surface area contributed by atoms with Crippen LogP contribution in [-0.2, 0) is 10.2 Å². The molecule has 1 saturated heterocycles. The lowest BCUT2D eigenvalue weighted by molar-refractivity contribution is -0.0375. The maximum absolute atomic E-state index is 12.1. The molecule has 0 aliphatic carbocycles. The zero-order valence-corrected chi connectivity index (χ0v) is 13.9. The molecule has 1 aliphatic heterocycles. The topological polar surface area (TPSA) is 29.5 Å². The van der Waals surface area contributed by atoms with Gasteiger partial charge in [-0.05, 0) is 29.7 Å². The minimum Gasteiger partial charge on any atom is -0.461 e. The molecule has 1 aromatic rings. The second kappa shape index (κ2) is 5.80. The maximum atomic E-state index is 12.1. The van der Waals surface area contributed by atoms with E-state index in [9.17, 15) is 4.79 Å². The standard InChI is InChI=1S/C18H27NO2/c1-6-19-11-18(5,12-19)13-21-16(20)14-7-9-15(10-8-14)17(2,3)4/h7-10H,6,11-13H2,1-5H3. The minimum absolute atomic E-state index is 0.103. The number of likely N-dealkylation sites (tertiary alicyclic amines) is 1. The second-order valence-electron chi connectivity index (χ2n) is 7.52. The van der Waals surface area contributed by atoms with Gasteiger partial charge in [0.1, 0.15) is 0 Å². The van der Waals surface area contributed by atoms with Crippen LogP contribution >= 0.6 is 0 Å². The van der Waals surface area contributed by atoms with Gasteiger partial charge in [0, 0.05) is 18.5 Å². The van der Waals surface area contributed by atoms with Crippen molar-refractivity contribution < 1.29 is 9.53 Å². The zero-order valence-electron chi connectivity index (χ0n) is 13.9. The lowest BCUT2D eigenvalue weighted by Gasteiger charge is -2.47. The average Bonchev–Trinajstić information content (AvgIpc) is 2.41. The molecule has 1 fully saturated rings. The Bertz CT molecular complexity index is 493. The third-order valence-electron chi connectivity index (χ3n) is 4.20. The van der Waals surface area contributed by atoms with E-state index in [0.29, 0.717) is 12.2 Å². The number of carbonyl (C=O) groups excluding carboxylic acids is 1. The van der Waals surface area contributed by atoms with E-state index in [1.54, 1.807) is 0 Å². The van der Waals surface area contributed by atoms with Gasteiger partial charge in [0.2, 0.25) is 0 Å². The van der Waals surface area contributed by atoms with Crippen LogP contribution in [0.5, 0.6) is 0 Å². The van der Waals surface area contributed by atoms with Crippen molar-refractivity contribution in [1.29, 1.82) is 0 Å². The fraction of sp³-hybridized carbons (Fsp3) is 0.611. The molecule has 2 rings (SSSR count). The molecule has 0 aromatic heterocycles. The van der Waals surface area contributed by atoms with Crippen molar-refractivity contribution in [1.82, 2.24) is 4.90 Å². The van der Waals surface area contributed by atoms with Crippen molar-refractivity contribution in [3.8, 4) is 0 Å². The summed E-state index contributed by atoms with van der Waals surface area (Å²) in [5.74, 6) is -0.216. The highest BCUT2D eigenvalue weighted by Gasteiger charge is 2.38. The Morgan fingerprint density at radius 1 is 1.24 bits per heavy atom. The molecule has 0 radical (unpaired) electrons. The summed E-state index contributed by atoms with van der Waals surface area (Å²) in [6.45, 7) is 14.4. The van der Waals surface area contributed by atoms with Crippen LogP contribution in [0.1, 0.15) is 50.5 Å². The van der Waals surface area contributed by atoms with Gasteiger partial charge in [-0.25, -0.2) is 4.79 Å². The van der Waals surface area contributed by atoms with E-state index in [1.165, 1.54) is 5.56 Å². The fourth-order valence-corrected chi connectivity index (χ4v) is 2.78. The molecular formula is C18H27NO2. The van der Waals surface area contributed by atoms with E-state index in [1.807, 2.05) is 24.3 Å². The maximum Gasteiger partial charge on any atom is 0.338 e. The van der Waals surface area contributed by atoms with Crippen molar-refractivity contribution in [2.75, 3.05) is 26.2 Å². The predicted molar refractivity (Wildman–Crippen MR) is 85.6 cm³/mol. The number of hydrogen-bond donors (Lipinski definition) is 0. The molecule has 1 heterocycles. The van der Waals surface area contributed by atoms with Crippen molar-refractivity contribution in [3.63, 3.8) is 0 Å². The largest absolute Gasteiger partial charge is 0.461 e. The van der Waals surface area contributed by atoms with Gasteiger partial charge < -0.3 is 9.64 Å². The van der Waals surface area contributed by atoms with Crippen LogP contribution in [0.4, 0.5) is 0 Å². The van der Waals surface area contributed by atoms with Gasteiger partial charge in [-0.3, -0.25) is 0 Å². The Balaban J connectivity index is 1.89. The lowest BCUT2D eigenvalue weighted by Crippen LogP contribution is -2.56. The van der Waals surface area contributed by atoms with Gasteiger partial charge in [-0.1, -0.05) is 46.8 Å². The minimum atomic E-state index is -0.216. The monoisotopic (exact) mass is 289 g/mol. The van der Waals surface area contributed by atoms with Gasteiger partial charge in [-0.2, -0.15) is 0 Å². The normalized spacial score (nSPS) is 18.1. The van der Waals surface area contributed by atoms with E-state index in [4.69, 9.17) is 4.74 Å². The molecule has 21 heavy (non-hydrogen) atoms. The molecule has 116 valence electrons. The molecule has 0 amide bonds. The molecule has 1 aliphatic rings. The summed E-state index contributed by atoms with van der Waals surface area (Å²) in [5.41, 5.74) is 2.09. The first-order chi connectivity index (χ1) is 9.73. The number of nitrogens with zero attached hydrogens (tertiary/aromatic N) is 1. The molecule has 0 spiro atoms. The number of ether oxygens (including phenoxy) is 1. The van der Waals surface area contributed by atoms with Crippen LogP contribution in [0.3, 0.4) is 0 Å². The van der Waals surface area contributed by atoms with Gasteiger partial charge in [0.05, 0.1) is 12.2 Å². The first-order valence-corrected chi connectivity index (χ1v) is 7.73. The SMILES string of the molecule is CCN1CC(C)(COC(=O)c2ccc(C(C)(C)C)cc2)C1. The second-order valence-corrected chi connectivity index (χ2v) is 7.52. The Kier molecular flexibility index (Phi) is 4.43. The molecule has 0 bridgehead atoms.